The number of hydrogen-bond donors (Lipinski definition) is 1. The van der Waals surface area contributed by atoms with Crippen LogP contribution in [-0.2, 0) is 10.7 Å². The van der Waals surface area contributed by atoms with Crippen molar-refractivity contribution in [2.24, 2.45) is 0 Å². The van der Waals surface area contributed by atoms with Crippen molar-refractivity contribution < 1.29 is 23.4 Å². The molecule has 0 aliphatic heterocycles. The van der Waals surface area contributed by atoms with Crippen molar-refractivity contribution >= 4 is 16.7 Å². The van der Waals surface area contributed by atoms with Crippen molar-refractivity contribution in [3.05, 3.63) is 42.0 Å². The van der Waals surface area contributed by atoms with Crippen LogP contribution in [0.3, 0.4) is 0 Å². The quantitative estimate of drug-likeness (QED) is 0.906. The van der Waals surface area contributed by atoms with Crippen molar-refractivity contribution in [2.75, 3.05) is 7.11 Å². The van der Waals surface area contributed by atoms with Gasteiger partial charge < -0.3 is 9.84 Å². The van der Waals surface area contributed by atoms with Crippen LogP contribution in [0.25, 0.3) is 10.8 Å². The van der Waals surface area contributed by atoms with Crippen LogP contribution in [0.15, 0.2) is 36.4 Å². The SMILES string of the molecule is COc1ccc2cc(C(F)(F)CCC(=O)O)ccc2c1. The lowest BCUT2D eigenvalue weighted by atomic mass is 10.00. The molecule has 0 spiro atoms. The molecule has 0 radical (unpaired) electrons. The summed E-state index contributed by atoms with van der Waals surface area (Å²) in [5.74, 6) is -3.72. The molecule has 3 nitrogen and oxygen atoms in total. The fourth-order valence-corrected chi connectivity index (χ4v) is 1.99. The summed E-state index contributed by atoms with van der Waals surface area (Å²) >= 11 is 0. The summed E-state index contributed by atoms with van der Waals surface area (Å²) in [6.07, 6.45) is -1.27. The smallest absolute Gasteiger partial charge is 0.303 e. The first-order chi connectivity index (χ1) is 9.42. The fraction of sp³-hybridized carbons (Fsp3) is 0.267. The van der Waals surface area contributed by atoms with Crippen LogP contribution in [0.5, 0.6) is 5.75 Å². The molecule has 5 heteroatoms. The van der Waals surface area contributed by atoms with Crippen LogP contribution in [0.1, 0.15) is 18.4 Å². The number of rotatable bonds is 5. The van der Waals surface area contributed by atoms with E-state index in [2.05, 4.69) is 0 Å². The highest BCUT2D eigenvalue weighted by Gasteiger charge is 2.32. The first-order valence-corrected chi connectivity index (χ1v) is 6.10. The van der Waals surface area contributed by atoms with Gasteiger partial charge in [-0.15, -0.1) is 0 Å². The Morgan fingerprint density at radius 3 is 2.50 bits per heavy atom. The highest BCUT2D eigenvalue weighted by Crippen LogP contribution is 2.35. The molecule has 0 saturated heterocycles. The van der Waals surface area contributed by atoms with Crippen molar-refractivity contribution in [3.8, 4) is 5.75 Å². The number of carboxylic acid groups (broad SMARTS) is 1. The second kappa shape index (κ2) is 5.45. The van der Waals surface area contributed by atoms with Crippen LogP contribution in [0.2, 0.25) is 0 Å². The monoisotopic (exact) mass is 280 g/mol. The zero-order valence-corrected chi connectivity index (χ0v) is 10.9. The van der Waals surface area contributed by atoms with Gasteiger partial charge in [0.05, 0.1) is 13.5 Å². The average molecular weight is 280 g/mol. The normalized spacial score (nSPS) is 11.6. The third-order valence-corrected chi connectivity index (χ3v) is 3.12. The van der Waals surface area contributed by atoms with Crippen LogP contribution in [0, 0.1) is 0 Å². The molecule has 1 N–H and O–H groups in total. The van der Waals surface area contributed by atoms with Crippen molar-refractivity contribution in [3.63, 3.8) is 0 Å². The Hall–Kier alpha value is -2.17. The molecule has 0 atom stereocenters. The number of carbonyl (C=O) groups is 1. The lowest BCUT2D eigenvalue weighted by Gasteiger charge is -2.16. The predicted octanol–water partition coefficient (Wildman–Crippen LogP) is 3.81. The minimum absolute atomic E-state index is 0.170. The summed E-state index contributed by atoms with van der Waals surface area (Å²) in [6, 6.07) is 9.45. The van der Waals surface area contributed by atoms with E-state index in [0.29, 0.717) is 11.1 Å². The highest BCUT2D eigenvalue weighted by molar-refractivity contribution is 5.84. The average Bonchev–Trinajstić information content (AvgIpc) is 2.44. The molecule has 20 heavy (non-hydrogen) atoms. The van der Waals surface area contributed by atoms with Gasteiger partial charge in [0, 0.05) is 12.0 Å². The van der Waals surface area contributed by atoms with Gasteiger partial charge in [0.1, 0.15) is 5.75 Å². The van der Waals surface area contributed by atoms with E-state index in [9.17, 15) is 13.6 Å². The first kappa shape index (κ1) is 14.2. The molecule has 106 valence electrons. The summed E-state index contributed by atoms with van der Waals surface area (Å²) in [6.45, 7) is 0. The van der Waals surface area contributed by atoms with Gasteiger partial charge in [-0.3, -0.25) is 4.79 Å². The van der Waals surface area contributed by atoms with E-state index in [-0.39, 0.29) is 5.56 Å². The second-order valence-electron chi connectivity index (χ2n) is 4.53. The zero-order chi connectivity index (χ0) is 14.8. The van der Waals surface area contributed by atoms with Crippen molar-refractivity contribution in [1.29, 1.82) is 0 Å². The van der Waals surface area contributed by atoms with Gasteiger partial charge in [0.2, 0.25) is 0 Å². The molecule has 0 unspecified atom stereocenters. The molecule has 0 saturated carbocycles. The zero-order valence-electron chi connectivity index (χ0n) is 10.9. The highest BCUT2D eigenvalue weighted by atomic mass is 19.3. The van der Waals surface area contributed by atoms with Gasteiger partial charge in [-0.1, -0.05) is 18.2 Å². The van der Waals surface area contributed by atoms with Crippen molar-refractivity contribution in [1.82, 2.24) is 0 Å². The standard InChI is InChI=1S/C15H14F2O3/c1-20-13-5-3-10-8-12(4-2-11(10)9-13)15(16,17)7-6-14(18)19/h2-5,8-9H,6-7H2,1H3,(H,18,19). The Labute approximate surface area is 114 Å². The number of hydrogen-bond acceptors (Lipinski definition) is 2. The number of methoxy groups -OCH3 is 1. The van der Waals surface area contributed by atoms with Gasteiger partial charge in [-0.05, 0) is 29.0 Å². The Morgan fingerprint density at radius 1 is 1.20 bits per heavy atom. The predicted molar refractivity (Wildman–Crippen MR) is 71.3 cm³/mol. The molecule has 0 bridgehead atoms. The van der Waals surface area contributed by atoms with Crippen LogP contribution in [-0.4, -0.2) is 18.2 Å². The lowest BCUT2D eigenvalue weighted by molar-refractivity contribution is -0.139. The second-order valence-corrected chi connectivity index (χ2v) is 4.53. The summed E-state index contributed by atoms with van der Waals surface area (Å²) in [4.78, 5) is 10.4. The van der Waals surface area contributed by atoms with E-state index in [0.717, 1.165) is 5.39 Å². The van der Waals surface area contributed by atoms with Gasteiger partial charge >= 0.3 is 5.97 Å². The number of fused-ring (bicyclic) bond motifs is 1. The molecule has 2 aromatic carbocycles. The molecule has 0 aliphatic rings. The number of ether oxygens (including phenoxy) is 1. The third kappa shape index (κ3) is 3.04. The lowest BCUT2D eigenvalue weighted by Crippen LogP contribution is -2.15. The molecule has 2 aromatic rings. The number of alkyl halides is 2. The maximum Gasteiger partial charge on any atom is 0.303 e. The summed E-state index contributed by atoms with van der Waals surface area (Å²) < 4.78 is 32.9. The number of aliphatic carboxylic acids is 1. The fourth-order valence-electron chi connectivity index (χ4n) is 1.99. The Bertz CT molecular complexity index is 638. The minimum atomic E-state index is -3.15. The molecule has 0 heterocycles. The van der Waals surface area contributed by atoms with Crippen LogP contribution >= 0.6 is 0 Å². The Kier molecular flexibility index (Phi) is 3.88. The topological polar surface area (TPSA) is 46.5 Å². The summed E-state index contributed by atoms with van der Waals surface area (Å²) in [5.41, 5.74) is -0.170. The first-order valence-electron chi connectivity index (χ1n) is 6.10. The molecule has 2 rings (SSSR count). The van der Waals surface area contributed by atoms with E-state index >= 15 is 0 Å². The molecule has 0 amide bonds. The maximum atomic E-state index is 13.9. The third-order valence-electron chi connectivity index (χ3n) is 3.12. The Morgan fingerprint density at radius 2 is 1.85 bits per heavy atom. The van der Waals surface area contributed by atoms with Crippen LogP contribution < -0.4 is 4.74 Å². The Balaban J connectivity index is 2.33. The van der Waals surface area contributed by atoms with E-state index < -0.39 is 24.7 Å². The maximum absolute atomic E-state index is 13.9. The largest absolute Gasteiger partial charge is 0.497 e. The molecule has 0 aromatic heterocycles. The summed E-state index contributed by atoms with van der Waals surface area (Å²) in [5, 5.41) is 9.96. The van der Waals surface area contributed by atoms with E-state index in [1.807, 2.05) is 0 Å². The molecular formula is C15H14F2O3. The number of carboxylic acids is 1. The molecule has 0 fully saturated rings. The van der Waals surface area contributed by atoms with Gasteiger partial charge in [-0.25, -0.2) is 8.78 Å². The molecule has 0 aliphatic carbocycles. The number of benzene rings is 2. The van der Waals surface area contributed by atoms with Crippen LogP contribution in [0.4, 0.5) is 8.78 Å². The van der Waals surface area contributed by atoms with E-state index in [1.54, 1.807) is 24.3 Å². The summed E-state index contributed by atoms with van der Waals surface area (Å²) in [7, 11) is 1.54. The van der Waals surface area contributed by atoms with E-state index in [4.69, 9.17) is 9.84 Å². The molecular weight excluding hydrogens is 266 g/mol. The van der Waals surface area contributed by atoms with Gasteiger partial charge in [-0.2, -0.15) is 0 Å². The van der Waals surface area contributed by atoms with Gasteiger partial charge in [0.15, 0.2) is 0 Å². The van der Waals surface area contributed by atoms with Gasteiger partial charge in [0.25, 0.3) is 5.92 Å². The van der Waals surface area contributed by atoms with E-state index in [1.165, 1.54) is 19.2 Å². The van der Waals surface area contributed by atoms with Crippen molar-refractivity contribution in [2.45, 2.75) is 18.8 Å². The minimum Gasteiger partial charge on any atom is -0.497 e. The number of halogens is 2.